The van der Waals surface area contributed by atoms with Gasteiger partial charge in [-0.05, 0) is 81.6 Å². The first-order valence-corrected chi connectivity index (χ1v) is 15.6. The highest BCUT2D eigenvalue weighted by Crippen LogP contribution is 2.39. The molecule has 2 aromatic heterocycles. The summed E-state index contributed by atoms with van der Waals surface area (Å²) < 4.78 is 4.85. The van der Waals surface area contributed by atoms with Gasteiger partial charge in [0.05, 0.1) is 22.4 Å². The van der Waals surface area contributed by atoms with E-state index < -0.39 is 0 Å². The molecule has 44 heavy (non-hydrogen) atoms. The van der Waals surface area contributed by atoms with Crippen LogP contribution in [0.2, 0.25) is 0 Å². The Bertz CT molecular complexity index is 1920. The lowest BCUT2D eigenvalue weighted by molar-refractivity contribution is 0.590. The first-order chi connectivity index (χ1) is 21.1. The number of hydrogen-bond donors (Lipinski definition) is 0. The molecule has 2 heterocycles. The molecule has 0 unspecified atom stereocenters. The minimum atomic E-state index is 0.105. The van der Waals surface area contributed by atoms with Crippen molar-refractivity contribution >= 4 is 21.8 Å². The van der Waals surface area contributed by atoms with Crippen LogP contribution in [0.5, 0.6) is 0 Å². The molecule has 2 nitrogen and oxygen atoms in total. The maximum absolute atomic E-state index is 2.42. The molecule has 0 N–H and O–H groups in total. The molecule has 0 bridgehead atoms. The first kappa shape index (κ1) is 28.0. The van der Waals surface area contributed by atoms with E-state index >= 15 is 0 Å². The molecule has 0 saturated carbocycles. The lowest BCUT2D eigenvalue weighted by Gasteiger charge is -2.20. The number of nitrogens with zero attached hydrogens (tertiary/aromatic N) is 2. The predicted octanol–water partition coefficient (Wildman–Crippen LogP) is 11.5. The smallest absolute Gasteiger partial charge is 0.0542 e. The third kappa shape index (κ3) is 4.95. The highest BCUT2D eigenvalue weighted by atomic mass is 15.0. The van der Waals surface area contributed by atoms with E-state index in [0.29, 0.717) is 0 Å². The second-order valence-electron chi connectivity index (χ2n) is 14.0. The van der Waals surface area contributed by atoms with E-state index in [1.807, 2.05) is 0 Å². The van der Waals surface area contributed by atoms with Gasteiger partial charge >= 0.3 is 0 Å². The number of aromatic nitrogens is 2. The summed E-state index contributed by atoms with van der Waals surface area (Å²) in [6.07, 6.45) is 0. The Hall–Kier alpha value is -4.82. The largest absolute Gasteiger partial charge is 0.309 e. The van der Waals surface area contributed by atoms with Gasteiger partial charge in [0.2, 0.25) is 0 Å². The van der Waals surface area contributed by atoms with Gasteiger partial charge in [-0.25, -0.2) is 0 Å². The quantitative estimate of drug-likeness (QED) is 0.198. The fourth-order valence-corrected chi connectivity index (χ4v) is 6.33. The van der Waals surface area contributed by atoms with E-state index in [1.54, 1.807) is 0 Å². The van der Waals surface area contributed by atoms with E-state index in [0.717, 1.165) is 0 Å². The molecule has 0 radical (unpaired) electrons. The van der Waals surface area contributed by atoms with Crippen LogP contribution in [-0.4, -0.2) is 9.13 Å². The van der Waals surface area contributed by atoms with Gasteiger partial charge in [0.15, 0.2) is 0 Å². The van der Waals surface area contributed by atoms with Crippen molar-refractivity contribution in [3.8, 4) is 33.9 Å². The number of rotatable bonds is 4. The Morgan fingerprint density at radius 1 is 0.386 bits per heavy atom. The molecule has 7 aromatic rings. The monoisotopic (exact) mass is 572 g/mol. The highest BCUT2D eigenvalue weighted by molar-refractivity contribution is 6.02. The molecule has 0 aliphatic carbocycles. The van der Waals surface area contributed by atoms with Crippen molar-refractivity contribution in [1.29, 1.82) is 0 Å². The summed E-state index contributed by atoms with van der Waals surface area (Å²) in [4.78, 5) is 0. The second-order valence-corrected chi connectivity index (χ2v) is 14.0. The normalized spacial score (nSPS) is 12.3. The Labute approximate surface area is 261 Å². The van der Waals surface area contributed by atoms with Crippen LogP contribution in [-0.2, 0) is 10.8 Å². The topological polar surface area (TPSA) is 9.86 Å². The summed E-state index contributed by atoms with van der Waals surface area (Å²) in [5.74, 6) is 0. The fraction of sp³-hybridized carbons (Fsp3) is 0.190. The number of hydrogen-bond acceptors (Lipinski definition) is 0. The Morgan fingerprint density at radius 2 is 0.727 bits per heavy atom. The van der Waals surface area contributed by atoms with Crippen LogP contribution in [0.1, 0.15) is 52.7 Å². The minimum absolute atomic E-state index is 0.105. The average Bonchev–Trinajstić information content (AvgIpc) is 3.58. The minimum Gasteiger partial charge on any atom is -0.309 e. The standard InChI is InChI=1S/C42H40N2/c1-41(2,3)33-17-21-35(22-18-33)43-37(29-13-9-7-10-14-29)25-31-28-40-32(27-39(31)43)26-38(30-15-11-8-12-16-30)44(40)36-23-19-34(20-24-36)42(4,5)6/h7-28H,1-6H3. The molecule has 0 atom stereocenters. The maximum Gasteiger partial charge on any atom is 0.0542 e. The first-order valence-electron chi connectivity index (χ1n) is 15.6. The highest BCUT2D eigenvalue weighted by Gasteiger charge is 2.20. The molecule has 0 saturated heterocycles. The third-order valence-corrected chi connectivity index (χ3v) is 8.85. The van der Waals surface area contributed by atoms with Crippen molar-refractivity contribution in [2.45, 2.75) is 52.4 Å². The zero-order valence-corrected chi connectivity index (χ0v) is 26.6. The SMILES string of the molecule is CC(C)(C)c1ccc(-n2c(-c3ccccc3)cc3cc4c(cc(-c5ccccc5)n4-c4ccc(C(C)(C)C)cc4)cc32)cc1. The van der Waals surface area contributed by atoms with Crippen molar-refractivity contribution < 1.29 is 0 Å². The van der Waals surface area contributed by atoms with Gasteiger partial charge in [0.1, 0.15) is 0 Å². The van der Waals surface area contributed by atoms with Crippen LogP contribution in [0.4, 0.5) is 0 Å². The van der Waals surface area contributed by atoms with Crippen LogP contribution in [0.3, 0.4) is 0 Å². The second kappa shape index (κ2) is 10.4. The Kier molecular flexibility index (Phi) is 6.62. The predicted molar refractivity (Wildman–Crippen MR) is 188 cm³/mol. The van der Waals surface area contributed by atoms with Gasteiger partial charge < -0.3 is 9.13 Å². The van der Waals surface area contributed by atoms with Gasteiger partial charge in [-0.2, -0.15) is 0 Å². The summed E-state index contributed by atoms with van der Waals surface area (Å²) in [6, 6.07) is 49.1. The molecule has 0 aliphatic heterocycles. The fourth-order valence-electron chi connectivity index (χ4n) is 6.33. The molecule has 0 amide bonds. The van der Waals surface area contributed by atoms with Gasteiger partial charge in [-0.3, -0.25) is 0 Å². The summed E-state index contributed by atoms with van der Waals surface area (Å²) in [7, 11) is 0. The van der Waals surface area contributed by atoms with Crippen molar-refractivity contribution in [2.75, 3.05) is 0 Å². The van der Waals surface area contributed by atoms with Gasteiger partial charge in [0.25, 0.3) is 0 Å². The molecular weight excluding hydrogens is 532 g/mol. The van der Waals surface area contributed by atoms with Crippen molar-refractivity contribution in [1.82, 2.24) is 9.13 Å². The number of benzene rings is 5. The zero-order valence-electron chi connectivity index (χ0n) is 26.6. The molecule has 0 fully saturated rings. The van der Waals surface area contributed by atoms with E-state index in [9.17, 15) is 0 Å². The summed E-state index contributed by atoms with van der Waals surface area (Å²) in [5.41, 5.74) is 12.4. The molecular formula is C42H40N2. The molecule has 0 spiro atoms. The van der Waals surface area contributed by atoms with Crippen LogP contribution >= 0.6 is 0 Å². The van der Waals surface area contributed by atoms with Crippen LogP contribution in [0, 0.1) is 0 Å². The van der Waals surface area contributed by atoms with Crippen molar-refractivity contribution in [3.05, 3.63) is 145 Å². The van der Waals surface area contributed by atoms with Crippen LogP contribution in [0.25, 0.3) is 55.7 Å². The Balaban J connectivity index is 1.50. The molecule has 5 aromatic carbocycles. The molecule has 0 aliphatic rings. The average molecular weight is 573 g/mol. The third-order valence-electron chi connectivity index (χ3n) is 8.85. The van der Waals surface area contributed by atoms with Crippen molar-refractivity contribution in [2.24, 2.45) is 0 Å². The number of fused-ring (bicyclic) bond motifs is 2. The van der Waals surface area contributed by atoms with Crippen LogP contribution in [0.15, 0.2) is 133 Å². The van der Waals surface area contributed by atoms with E-state index in [4.69, 9.17) is 0 Å². The van der Waals surface area contributed by atoms with Crippen molar-refractivity contribution in [3.63, 3.8) is 0 Å². The van der Waals surface area contributed by atoms with E-state index in [2.05, 4.69) is 184 Å². The zero-order chi connectivity index (χ0) is 30.6. The molecule has 2 heteroatoms. The molecule has 7 rings (SSSR count). The van der Waals surface area contributed by atoms with E-state index in [1.165, 1.54) is 66.8 Å². The summed E-state index contributed by atoms with van der Waals surface area (Å²) in [5, 5.41) is 2.45. The van der Waals surface area contributed by atoms with Gasteiger partial charge in [-0.15, -0.1) is 0 Å². The Morgan fingerprint density at radius 3 is 1.05 bits per heavy atom. The summed E-state index contributed by atoms with van der Waals surface area (Å²) >= 11 is 0. The maximum atomic E-state index is 2.42. The lowest BCUT2D eigenvalue weighted by Crippen LogP contribution is -2.11. The lowest BCUT2D eigenvalue weighted by atomic mass is 9.87. The van der Waals surface area contributed by atoms with Crippen LogP contribution < -0.4 is 0 Å². The van der Waals surface area contributed by atoms with Gasteiger partial charge in [-0.1, -0.05) is 126 Å². The molecule has 218 valence electrons. The van der Waals surface area contributed by atoms with Gasteiger partial charge in [0, 0.05) is 22.1 Å². The summed E-state index contributed by atoms with van der Waals surface area (Å²) in [6.45, 7) is 13.6. The van der Waals surface area contributed by atoms with E-state index in [-0.39, 0.29) is 10.8 Å².